The van der Waals surface area contributed by atoms with E-state index in [1.54, 1.807) is 17.6 Å². The zero-order valence-corrected chi connectivity index (χ0v) is 20.9. The van der Waals surface area contributed by atoms with Gasteiger partial charge in [-0.3, -0.25) is 4.79 Å². The van der Waals surface area contributed by atoms with Crippen molar-refractivity contribution in [2.45, 2.75) is 10.9 Å². The van der Waals surface area contributed by atoms with Crippen LogP contribution in [0.15, 0.2) is 94.4 Å². The van der Waals surface area contributed by atoms with Crippen LogP contribution in [0.25, 0.3) is 21.0 Å². The molecule has 0 aliphatic carbocycles. The summed E-state index contributed by atoms with van der Waals surface area (Å²) in [6, 6.07) is 27.4. The zero-order chi connectivity index (χ0) is 24.0. The van der Waals surface area contributed by atoms with Gasteiger partial charge in [-0.1, -0.05) is 78.0 Å². The third-order valence-electron chi connectivity index (χ3n) is 5.22. The van der Waals surface area contributed by atoms with Crippen LogP contribution >= 0.6 is 34.7 Å². The van der Waals surface area contributed by atoms with E-state index in [1.807, 2.05) is 84.9 Å². The number of aromatic nitrogens is 1. The van der Waals surface area contributed by atoms with Crippen molar-refractivity contribution in [1.82, 2.24) is 10.4 Å². The molecule has 35 heavy (non-hydrogen) atoms. The number of carbonyl (C=O) groups is 1. The lowest BCUT2D eigenvalue weighted by atomic mass is 10.0. The number of amides is 1. The molecule has 1 aromatic heterocycles. The summed E-state index contributed by atoms with van der Waals surface area (Å²) in [7, 11) is 0. The summed E-state index contributed by atoms with van der Waals surface area (Å²) in [5.41, 5.74) is 5.38. The van der Waals surface area contributed by atoms with Crippen LogP contribution in [0.2, 0.25) is 5.02 Å². The Morgan fingerprint density at radius 2 is 1.83 bits per heavy atom. The minimum atomic E-state index is -0.200. The number of carbonyl (C=O) groups excluding carboxylic acids is 1. The van der Waals surface area contributed by atoms with Crippen molar-refractivity contribution >= 4 is 67.8 Å². The van der Waals surface area contributed by atoms with E-state index in [4.69, 9.17) is 16.3 Å². The van der Waals surface area contributed by atoms with Gasteiger partial charge in [-0.25, -0.2) is 10.4 Å². The maximum atomic E-state index is 12.4. The molecule has 8 heteroatoms. The zero-order valence-electron chi connectivity index (χ0n) is 18.5. The largest absolute Gasteiger partial charge is 0.488 e. The second kappa shape index (κ2) is 10.9. The number of hydrogen-bond donors (Lipinski definition) is 1. The number of rotatable bonds is 8. The highest BCUT2D eigenvalue weighted by Crippen LogP contribution is 2.29. The third-order valence-corrected chi connectivity index (χ3v) is 7.65. The Bertz CT molecular complexity index is 1480. The van der Waals surface area contributed by atoms with E-state index >= 15 is 0 Å². The molecule has 0 fully saturated rings. The molecule has 0 saturated carbocycles. The fourth-order valence-corrected chi connectivity index (χ4v) is 5.50. The summed E-state index contributed by atoms with van der Waals surface area (Å²) in [5, 5.41) is 6.96. The Morgan fingerprint density at radius 1 is 1.03 bits per heavy atom. The number of ether oxygens (including phenoxy) is 1. The van der Waals surface area contributed by atoms with Crippen LogP contribution in [0.4, 0.5) is 0 Å². The molecule has 174 valence electrons. The number of nitrogens with zero attached hydrogens (tertiary/aromatic N) is 2. The second-order valence-corrected chi connectivity index (χ2v) is 10.3. The van der Waals surface area contributed by atoms with E-state index in [2.05, 4.69) is 15.5 Å². The average molecular weight is 518 g/mol. The molecular formula is C27H20ClN3O2S2. The maximum Gasteiger partial charge on any atom is 0.250 e. The van der Waals surface area contributed by atoms with E-state index in [-0.39, 0.29) is 11.7 Å². The summed E-state index contributed by atoms with van der Waals surface area (Å²) < 4.78 is 8.07. The molecule has 0 unspecified atom stereocenters. The third kappa shape index (κ3) is 5.82. The van der Waals surface area contributed by atoms with Crippen LogP contribution in [0.5, 0.6) is 5.75 Å². The number of thiazole rings is 1. The summed E-state index contributed by atoms with van der Waals surface area (Å²) in [5.74, 6) is 0.710. The van der Waals surface area contributed by atoms with Gasteiger partial charge in [-0.2, -0.15) is 5.10 Å². The highest BCUT2D eigenvalue weighted by molar-refractivity contribution is 8.01. The van der Waals surface area contributed by atoms with E-state index in [1.165, 1.54) is 11.8 Å². The Hall–Kier alpha value is -3.39. The van der Waals surface area contributed by atoms with Crippen molar-refractivity contribution in [3.63, 3.8) is 0 Å². The van der Waals surface area contributed by atoms with Gasteiger partial charge in [0.05, 0.1) is 22.2 Å². The summed E-state index contributed by atoms with van der Waals surface area (Å²) in [4.78, 5) is 16.9. The number of nitrogens with one attached hydrogen (secondary N) is 1. The van der Waals surface area contributed by atoms with Crippen LogP contribution in [-0.2, 0) is 11.4 Å². The highest BCUT2D eigenvalue weighted by Gasteiger charge is 2.10. The van der Waals surface area contributed by atoms with Gasteiger partial charge in [-0.05, 0) is 46.7 Å². The van der Waals surface area contributed by atoms with E-state index in [9.17, 15) is 4.79 Å². The molecule has 0 spiro atoms. The SMILES string of the molecule is O=C(CSc1nc2ccccc2s1)N/N=C\c1c(OCc2ccc(Cl)cc2)ccc2ccccc12. The minimum Gasteiger partial charge on any atom is -0.488 e. The fraction of sp³-hybridized carbons (Fsp3) is 0.0741. The molecule has 0 atom stereocenters. The molecule has 1 amide bonds. The van der Waals surface area contributed by atoms with Crippen LogP contribution in [0.1, 0.15) is 11.1 Å². The molecule has 1 heterocycles. The van der Waals surface area contributed by atoms with Crippen molar-refractivity contribution in [3.8, 4) is 5.75 Å². The number of para-hydroxylation sites is 1. The predicted octanol–water partition coefficient (Wildman–Crippen LogP) is 6.92. The van der Waals surface area contributed by atoms with E-state index in [0.29, 0.717) is 17.4 Å². The second-order valence-electron chi connectivity index (χ2n) is 7.64. The predicted molar refractivity (Wildman–Crippen MR) is 146 cm³/mol. The lowest BCUT2D eigenvalue weighted by Crippen LogP contribution is -2.19. The molecule has 5 rings (SSSR count). The summed E-state index contributed by atoms with van der Waals surface area (Å²) in [6.45, 7) is 0.390. The first-order valence-electron chi connectivity index (χ1n) is 10.8. The van der Waals surface area contributed by atoms with Gasteiger partial charge < -0.3 is 4.74 Å². The standard InChI is InChI=1S/C27H20ClN3O2S2/c28-20-12-9-18(10-13-20)16-33-24-14-11-19-5-1-2-6-21(19)22(24)15-29-31-26(32)17-34-27-30-23-7-3-4-8-25(23)35-27/h1-15H,16-17H2,(H,31,32)/b29-15-. The van der Waals surface area contributed by atoms with E-state index in [0.717, 1.165) is 36.5 Å². The topological polar surface area (TPSA) is 63.6 Å². The number of halogens is 1. The number of thioether (sulfide) groups is 1. The molecule has 0 saturated heterocycles. The average Bonchev–Trinajstić information content (AvgIpc) is 3.31. The lowest BCUT2D eigenvalue weighted by Gasteiger charge is -2.12. The van der Waals surface area contributed by atoms with Crippen LogP contribution in [0, 0.1) is 0 Å². The Morgan fingerprint density at radius 3 is 2.69 bits per heavy atom. The highest BCUT2D eigenvalue weighted by atomic mass is 35.5. The number of benzene rings is 4. The monoisotopic (exact) mass is 517 g/mol. The van der Waals surface area contributed by atoms with Crippen LogP contribution < -0.4 is 10.2 Å². The Labute approximate surface area is 215 Å². The van der Waals surface area contributed by atoms with Gasteiger partial charge in [0.15, 0.2) is 4.34 Å². The van der Waals surface area contributed by atoms with Gasteiger partial charge in [-0.15, -0.1) is 11.3 Å². The number of hydrazone groups is 1. The van der Waals surface area contributed by atoms with Crippen molar-refractivity contribution in [2.24, 2.45) is 5.10 Å². The first-order valence-corrected chi connectivity index (χ1v) is 13.0. The van der Waals surface area contributed by atoms with Crippen molar-refractivity contribution in [3.05, 3.63) is 101 Å². The summed E-state index contributed by atoms with van der Waals surface area (Å²) >= 11 is 8.96. The van der Waals surface area contributed by atoms with Gasteiger partial charge in [0, 0.05) is 10.6 Å². The molecule has 0 aliphatic heterocycles. The molecule has 0 radical (unpaired) electrons. The van der Waals surface area contributed by atoms with Gasteiger partial charge in [0.2, 0.25) is 0 Å². The van der Waals surface area contributed by atoms with Gasteiger partial charge in [0.25, 0.3) is 5.91 Å². The minimum absolute atomic E-state index is 0.200. The molecule has 4 aromatic carbocycles. The molecule has 5 aromatic rings. The molecule has 0 aliphatic rings. The quantitative estimate of drug-likeness (QED) is 0.138. The van der Waals surface area contributed by atoms with Gasteiger partial charge in [0.1, 0.15) is 12.4 Å². The number of hydrogen-bond acceptors (Lipinski definition) is 6. The summed E-state index contributed by atoms with van der Waals surface area (Å²) in [6.07, 6.45) is 1.64. The van der Waals surface area contributed by atoms with Crippen molar-refractivity contribution < 1.29 is 9.53 Å². The smallest absolute Gasteiger partial charge is 0.250 e. The van der Waals surface area contributed by atoms with Crippen LogP contribution in [-0.4, -0.2) is 22.9 Å². The maximum absolute atomic E-state index is 12.4. The molecular weight excluding hydrogens is 498 g/mol. The van der Waals surface area contributed by atoms with Crippen LogP contribution in [0.3, 0.4) is 0 Å². The Balaban J connectivity index is 1.27. The van der Waals surface area contributed by atoms with Crippen molar-refractivity contribution in [2.75, 3.05) is 5.75 Å². The van der Waals surface area contributed by atoms with E-state index < -0.39 is 0 Å². The first kappa shape index (κ1) is 23.4. The molecule has 1 N–H and O–H groups in total. The fourth-order valence-electron chi connectivity index (χ4n) is 3.52. The Kier molecular flexibility index (Phi) is 7.28. The lowest BCUT2D eigenvalue weighted by molar-refractivity contribution is -0.118. The normalized spacial score (nSPS) is 11.3. The van der Waals surface area contributed by atoms with Gasteiger partial charge >= 0.3 is 0 Å². The van der Waals surface area contributed by atoms with Crippen molar-refractivity contribution in [1.29, 1.82) is 0 Å². The first-order chi connectivity index (χ1) is 17.2. The number of fused-ring (bicyclic) bond motifs is 2. The molecule has 0 bridgehead atoms. The molecule has 5 nitrogen and oxygen atoms in total.